The summed E-state index contributed by atoms with van der Waals surface area (Å²) >= 11 is 0. The molecule has 0 aliphatic heterocycles. The summed E-state index contributed by atoms with van der Waals surface area (Å²) in [4.78, 5) is 14.7. The van der Waals surface area contributed by atoms with E-state index in [9.17, 15) is 17.6 Å². The minimum atomic E-state index is -3.50. The predicted molar refractivity (Wildman–Crippen MR) is 101 cm³/mol. The summed E-state index contributed by atoms with van der Waals surface area (Å²) in [5.41, 5.74) is 1.32. The second kappa shape index (κ2) is 8.36. The van der Waals surface area contributed by atoms with Gasteiger partial charge in [0.15, 0.2) is 0 Å². The molecule has 7 nitrogen and oxygen atoms in total. The summed E-state index contributed by atoms with van der Waals surface area (Å²) in [5, 5.41) is 0. The van der Waals surface area contributed by atoms with Crippen LogP contribution in [0, 0.1) is 5.82 Å². The van der Waals surface area contributed by atoms with Crippen LogP contribution in [0.15, 0.2) is 53.3 Å². The van der Waals surface area contributed by atoms with Crippen LogP contribution in [0.4, 0.5) is 4.39 Å². The van der Waals surface area contributed by atoms with Crippen LogP contribution in [0.25, 0.3) is 11.0 Å². The van der Waals surface area contributed by atoms with Crippen molar-refractivity contribution < 1.29 is 17.5 Å². The Balaban J connectivity index is 1.44. The standard InChI is InChI=1S/C18H20FN3O4S/c19-14-6-8-15(9-7-14)26-12-13-27(24,25)20-10-3-11-22-17-5-2-1-4-16(17)21-18(22)23/h1-2,4-9,20H,3,10-13H2,(H,21,23). The lowest BCUT2D eigenvalue weighted by molar-refractivity contribution is 0.339. The van der Waals surface area contributed by atoms with E-state index in [1.54, 1.807) is 4.57 Å². The van der Waals surface area contributed by atoms with Crippen LogP contribution < -0.4 is 15.1 Å². The van der Waals surface area contributed by atoms with Gasteiger partial charge in [0.2, 0.25) is 10.0 Å². The molecule has 0 saturated carbocycles. The Hall–Kier alpha value is -2.65. The van der Waals surface area contributed by atoms with E-state index in [1.807, 2.05) is 24.3 Å². The van der Waals surface area contributed by atoms with Gasteiger partial charge in [-0.15, -0.1) is 0 Å². The van der Waals surface area contributed by atoms with Crippen molar-refractivity contribution in [3.05, 3.63) is 64.8 Å². The molecule has 1 aromatic heterocycles. The fraction of sp³-hybridized carbons (Fsp3) is 0.278. The molecule has 27 heavy (non-hydrogen) atoms. The van der Waals surface area contributed by atoms with E-state index in [2.05, 4.69) is 9.71 Å². The van der Waals surface area contributed by atoms with Gasteiger partial charge in [-0.3, -0.25) is 4.57 Å². The predicted octanol–water partition coefficient (Wildman–Crippen LogP) is 1.86. The number of aromatic amines is 1. The second-order valence-electron chi connectivity index (χ2n) is 5.97. The third-order valence-corrected chi connectivity index (χ3v) is 5.34. The molecular formula is C18H20FN3O4S. The van der Waals surface area contributed by atoms with Crippen LogP contribution in [0.5, 0.6) is 5.75 Å². The molecule has 0 atom stereocenters. The number of aryl methyl sites for hydroxylation is 1. The van der Waals surface area contributed by atoms with Crippen molar-refractivity contribution >= 4 is 21.1 Å². The number of benzene rings is 2. The fourth-order valence-corrected chi connectivity index (χ4v) is 3.57. The molecule has 2 N–H and O–H groups in total. The number of para-hydroxylation sites is 2. The monoisotopic (exact) mass is 393 g/mol. The van der Waals surface area contributed by atoms with Gasteiger partial charge in [-0.05, 0) is 42.8 Å². The Labute approximate surface area is 155 Å². The zero-order valence-electron chi connectivity index (χ0n) is 14.5. The first-order valence-electron chi connectivity index (χ1n) is 8.48. The van der Waals surface area contributed by atoms with Crippen LogP contribution in [-0.2, 0) is 16.6 Å². The number of imidazole rings is 1. The summed E-state index contributed by atoms with van der Waals surface area (Å²) in [6.45, 7) is 0.575. The van der Waals surface area contributed by atoms with E-state index in [0.717, 1.165) is 11.0 Å². The molecule has 144 valence electrons. The van der Waals surface area contributed by atoms with E-state index >= 15 is 0 Å². The van der Waals surface area contributed by atoms with Crippen LogP contribution in [0.1, 0.15) is 6.42 Å². The van der Waals surface area contributed by atoms with Gasteiger partial charge in [0.25, 0.3) is 0 Å². The summed E-state index contributed by atoms with van der Waals surface area (Å²) in [6, 6.07) is 12.7. The Morgan fingerprint density at radius 3 is 2.63 bits per heavy atom. The highest BCUT2D eigenvalue weighted by atomic mass is 32.2. The normalized spacial score (nSPS) is 11.7. The molecule has 0 saturated heterocycles. The first-order chi connectivity index (χ1) is 12.9. The lowest BCUT2D eigenvalue weighted by Gasteiger charge is -2.09. The van der Waals surface area contributed by atoms with Gasteiger partial charge in [-0.1, -0.05) is 12.1 Å². The largest absolute Gasteiger partial charge is 0.492 e. The average Bonchev–Trinajstić information content (AvgIpc) is 2.96. The molecule has 0 amide bonds. The molecule has 2 aromatic carbocycles. The van der Waals surface area contributed by atoms with E-state index in [0.29, 0.717) is 18.7 Å². The molecule has 0 radical (unpaired) electrons. The molecule has 9 heteroatoms. The molecule has 0 spiro atoms. The van der Waals surface area contributed by atoms with E-state index < -0.39 is 10.0 Å². The van der Waals surface area contributed by atoms with Gasteiger partial charge in [-0.2, -0.15) is 0 Å². The number of nitrogens with one attached hydrogen (secondary N) is 2. The first kappa shape index (κ1) is 19.1. The maximum Gasteiger partial charge on any atom is 0.326 e. The molecule has 3 rings (SSSR count). The van der Waals surface area contributed by atoms with Gasteiger partial charge in [0.1, 0.15) is 18.2 Å². The molecule has 0 aliphatic rings. The van der Waals surface area contributed by atoms with E-state index in [1.165, 1.54) is 24.3 Å². The number of hydrogen-bond donors (Lipinski definition) is 2. The third-order valence-electron chi connectivity index (χ3n) is 4.00. The zero-order chi connectivity index (χ0) is 19.3. The van der Waals surface area contributed by atoms with Gasteiger partial charge in [-0.25, -0.2) is 22.3 Å². The van der Waals surface area contributed by atoms with Crippen molar-refractivity contribution in [3.63, 3.8) is 0 Å². The van der Waals surface area contributed by atoms with Crippen LogP contribution in [0.2, 0.25) is 0 Å². The quantitative estimate of drug-likeness (QED) is 0.543. The number of sulfonamides is 1. The maximum atomic E-state index is 12.8. The minimum absolute atomic E-state index is 0.0388. The second-order valence-corrected chi connectivity index (χ2v) is 7.89. The van der Waals surface area contributed by atoms with Gasteiger partial charge in [0.05, 0.1) is 16.8 Å². The Morgan fingerprint density at radius 2 is 1.85 bits per heavy atom. The Morgan fingerprint density at radius 1 is 1.11 bits per heavy atom. The van der Waals surface area contributed by atoms with E-state index in [-0.39, 0.29) is 30.4 Å². The zero-order valence-corrected chi connectivity index (χ0v) is 15.3. The highest BCUT2D eigenvalue weighted by molar-refractivity contribution is 7.89. The van der Waals surface area contributed by atoms with Crippen molar-refractivity contribution in [1.29, 1.82) is 0 Å². The number of rotatable bonds is 9. The number of hydrogen-bond acceptors (Lipinski definition) is 4. The molecule has 3 aromatic rings. The smallest absolute Gasteiger partial charge is 0.326 e. The van der Waals surface area contributed by atoms with E-state index in [4.69, 9.17) is 4.74 Å². The number of ether oxygens (including phenoxy) is 1. The third kappa shape index (κ3) is 5.18. The van der Waals surface area contributed by atoms with Crippen LogP contribution in [-0.4, -0.2) is 36.9 Å². The summed E-state index contributed by atoms with van der Waals surface area (Å²) in [7, 11) is -3.50. The van der Waals surface area contributed by atoms with Crippen molar-refractivity contribution in [2.45, 2.75) is 13.0 Å². The molecule has 0 bridgehead atoms. The molecule has 0 fully saturated rings. The van der Waals surface area contributed by atoms with Gasteiger partial charge < -0.3 is 9.72 Å². The lowest BCUT2D eigenvalue weighted by atomic mass is 10.3. The van der Waals surface area contributed by atoms with Crippen molar-refractivity contribution in [1.82, 2.24) is 14.3 Å². The average molecular weight is 393 g/mol. The summed E-state index contributed by atoms with van der Waals surface area (Å²) in [5.74, 6) is -0.187. The number of H-pyrrole nitrogens is 1. The number of nitrogens with zero attached hydrogens (tertiary/aromatic N) is 1. The minimum Gasteiger partial charge on any atom is -0.492 e. The molecule has 1 heterocycles. The van der Waals surface area contributed by atoms with Gasteiger partial charge in [0, 0.05) is 13.1 Å². The van der Waals surface area contributed by atoms with Crippen molar-refractivity contribution in [2.24, 2.45) is 0 Å². The van der Waals surface area contributed by atoms with Crippen LogP contribution in [0.3, 0.4) is 0 Å². The first-order valence-corrected chi connectivity index (χ1v) is 10.1. The highest BCUT2D eigenvalue weighted by Gasteiger charge is 2.11. The summed E-state index contributed by atoms with van der Waals surface area (Å²) < 4.78 is 46.1. The SMILES string of the molecule is O=c1[nH]c2ccccc2n1CCCNS(=O)(=O)CCOc1ccc(F)cc1. The van der Waals surface area contributed by atoms with Gasteiger partial charge >= 0.3 is 5.69 Å². The summed E-state index contributed by atoms with van der Waals surface area (Å²) in [6.07, 6.45) is 0.472. The maximum absolute atomic E-state index is 12.8. The Bertz CT molecular complexity index is 1060. The molecule has 0 aliphatic carbocycles. The van der Waals surface area contributed by atoms with Crippen molar-refractivity contribution in [3.8, 4) is 5.75 Å². The number of halogens is 1. The highest BCUT2D eigenvalue weighted by Crippen LogP contribution is 2.11. The molecular weight excluding hydrogens is 373 g/mol. The lowest BCUT2D eigenvalue weighted by Crippen LogP contribution is -2.30. The number of fused-ring (bicyclic) bond motifs is 1. The van der Waals surface area contributed by atoms with Crippen molar-refractivity contribution in [2.75, 3.05) is 18.9 Å². The fourth-order valence-electron chi connectivity index (χ4n) is 2.67. The topological polar surface area (TPSA) is 93.2 Å². The number of aromatic nitrogens is 2. The molecule has 0 unspecified atom stereocenters. The van der Waals surface area contributed by atoms with Crippen LogP contribution >= 0.6 is 0 Å². The Kier molecular flexibility index (Phi) is 5.92.